The van der Waals surface area contributed by atoms with Crippen LogP contribution < -0.4 is 5.32 Å². The van der Waals surface area contributed by atoms with Crippen LogP contribution in [-0.4, -0.2) is 60.2 Å². The van der Waals surface area contributed by atoms with Crippen LogP contribution in [0.1, 0.15) is 22.9 Å². The number of ether oxygens (including phenoxy) is 2. The molecule has 0 aliphatic carbocycles. The Labute approximate surface area is 152 Å². The average molecular weight is 356 g/mol. The first kappa shape index (κ1) is 17.1. The monoisotopic (exact) mass is 356 g/mol. The Morgan fingerprint density at radius 3 is 2.81 bits per heavy atom. The van der Waals surface area contributed by atoms with Crippen molar-refractivity contribution < 1.29 is 14.3 Å². The Bertz CT molecular complexity index is 740. The van der Waals surface area contributed by atoms with Crippen molar-refractivity contribution in [2.45, 2.75) is 19.1 Å². The molecule has 1 fully saturated rings. The van der Waals surface area contributed by atoms with E-state index in [0.29, 0.717) is 39.5 Å². The van der Waals surface area contributed by atoms with E-state index in [2.05, 4.69) is 23.6 Å². The number of carbonyl (C=O) groups excluding carboxylic acids is 1. The van der Waals surface area contributed by atoms with Gasteiger partial charge in [-0.05, 0) is 17.5 Å². The third-order valence-corrected chi connectivity index (χ3v) is 4.79. The van der Waals surface area contributed by atoms with E-state index in [1.807, 2.05) is 22.9 Å². The zero-order chi connectivity index (χ0) is 17.8. The van der Waals surface area contributed by atoms with E-state index >= 15 is 0 Å². The van der Waals surface area contributed by atoms with Gasteiger partial charge in [-0.25, -0.2) is 4.79 Å². The Morgan fingerprint density at radius 1 is 1.19 bits per heavy atom. The summed E-state index contributed by atoms with van der Waals surface area (Å²) in [6, 6.07) is 10.2. The molecule has 3 heterocycles. The predicted molar refractivity (Wildman–Crippen MR) is 96.0 cm³/mol. The summed E-state index contributed by atoms with van der Waals surface area (Å²) < 4.78 is 13.1. The summed E-state index contributed by atoms with van der Waals surface area (Å²) in [5.74, 6) is 0. The van der Waals surface area contributed by atoms with Gasteiger partial charge in [0, 0.05) is 19.3 Å². The van der Waals surface area contributed by atoms with Crippen molar-refractivity contribution in [1.29, 1.82) is 0 Å². The molecule has 1 saturated heterocycles. The van der Waals surface area contributed by atoms with Gasteiger partial charge in [0.15, 0.2) is 0 Å². The van der Waals surface area contributed by atoms with Crippen LogP contribution in [0.15, 0.2) is 36.5 Å². The normalized spacial score (nSPS) is 19.8. The minimum atomic E-state index is -0.194. The maximum Gasteiger partial charge on any atom is 0.317 e. The van der Waals surface area contributed by atoms with Gasteiger partial charge in [0.2, 0.25) is 0 Å². The zero-order valence-electron chi connectivity index (χ0n) is 14.8. The van der Waals surface area contributed by atoms with Crippen LogP contribution in [0.4, 0.5) is 4.79 Å². The van der Waals surface area contributed by atoms with Crippen molar-refractivity contribution in [3.8, 4) is 0 Å². The Morgan fingerprint density at radius 2 is 2.00 bits per heavy atom. The molecule has 7 heteroatoms. The highest BCUT2D eigenvalue weighted by molar-refractivity contribution is 5.74. The van der Waals surface area contributed by atoms with Gasteiger partial charge in [-0.1, -0.05) is 30.3 Å². The number of carbonyl (C=O) groups is 1. The number of hydrogen-bond acceptors (Lipinski definition) is 4. The zero-order valence-corrected chi connectivity index (χ0v) is 14.8. The molecule has 0 radical (unpaired) electrons. The van der Waals surface area contributed by atoms with Crippen LogP contribution in [0.3, 0.4) is 0 Å². The molecule has 26 heavy (non-hydrogen) atoms. The van der Waals surface area contributed by atoms with Crippen molar-refractivity contribution in [3.63, 3.8) is 0 Å². The molecule has 1 aromatic carbocycles. The fraction of sp³-hybridized carbons (Fsp3) is 0.474. The summed E-state index contributed by atoms with van der Waals surface area (Å²) in [6.07, 6.45) is 2.76. The smallest absolute Gasteiger partial charge is 0.317 e. The topological polar surface area (TPSA) is 68.6 Å². The first-order valence-corrected chi connectivity index (χ1v) is 9.12. The van der Waals surface area contributed by atoms with Gasteiger partial charge in [-0.2, -0.15) is 5.10 Å². The number of urea groups is 1. The number of aromatic nitrogens is 2. The van der Waals surface area contributed by atoms with Gasteiger partial charge < -0.3 is 19.7 Å². The van der Waals surface area contributed by atoms with E-state index in [0.717, 1.165) is 18.7 Å². The molecule has 2 aromatic rings. The van der Waals surface area contributed by atoms with Crippen LogP contribution >= 0.6 is 0 Å². The van der Waals surface area contributed by atoms with E-state index < -0.39 is 0 Å². The standard InChI is InChI=1S/C19H24N4O3/c24-19(22-7-10-25-11-8-22)20-12-17-18-16(6-9-26-17)14-23(21-18)13-15-4-2-1-3-5-15/h1-5,14,17H,6-13H2,(H,20,24). The molecule has 0 bridgehead atoms. The number of rotatable bonds is 4. The van der Waals surface area contributed by atoms with Crippen LogP contribution in [-0.2, 0) is 22.4 Å². The maximum absolute atomic E-state index is 12.3. The Hall–Kier alpha value is -2.38. The van der Waals surface area contributed by atoms with Crippen molar-refractivity contribution >= 4 is 6.03 Å². The number of nitrogens with one attached hydrogen (secondary N) is 1. The molecular formula is C19H24N4O3. The van der Waals surface area contributed by atoms with E-state index in [1.54, 1.807) is 4.90 Å². The van der Waals surface area contributed by atoms with E-state index in [9.17, 15) is 4.79 Å². The van der Waals surface area contributed by atoms with Crippen molar-refractivity contribution in [2.75, 3.05) is 39.5 Å². The van der Waals surface area contributed by atoms with Gasteiger partial charge in [0.05, 0.1) is 38.6 Å². The highest BCUT2D eigenvalue weighted by atomic mass is 16.5. The molecule has 4 rings (SSSR count). The van der Waals surface area contributed by atoms with Crippen LogP contribution in [0.25, 0.3) is 0 Å². The average Bonchev–Trinajstić information content (AvgIpc) is 3.10. The lowest BCUT2D eigenvalue weighted by molar-refractivity contribution is 0.0348. The van der Waals surface area contributed by atoms with Gasteiger partial charge >= 0.3 is 6.03 Å². The molecule has 2 amide bonds. The fourth-order valence-corrected chi connectivity index (χ4v) is 3.40. The minimum absolute atomic E-state index is 0.0623. The van der Waals surface area contributed by atoms with E-state index in [1.165, 1.54) is 11.1 Å². The summed E-state index contributed by atoms with van der Waals surface area (Å²) in [5.41, 5.74) is 3.36. The van der Waals surface area contributed by atoms with Crippen molar-refractivity contribution in [2.24, 2.45) is 0 Å². The third kappa shape index (κ3) is 3.89. The van der Waals surface area contributed by atoms with Gasteiger partial charge in [-0.3, -0.25) is 4.68 Å². The first-order valence-electron chi connectivity index (χ1n) is 9.12. The van der Waals surface area contributed by atoms with E-state index in [-0.39, 0.29) is 12.1 Å². The summed E-state index contributed by atoms with van der Waals surface area (Å²) in [6.45, 7) is 4.29. The fourth-order valence-electron chi connectivity index (χ4n) is 3.40. The summed E-state index contributed by atoms with van der Waals surface area (Å²) in [4.78, 5) is 14.1. The first-order chi connectivity index (χ1) is 12.8. The maximum atomic E-state index is 12.3. The lowest BCUT2D eigenvalue weighted by Gasteiger charge is -2.28. The molecule has 2 aliphatic rings. The van der Waals surface area contributed by atoms with Crippen LogP contribution in [0, 0.1) is 0 Å². The molecular weight excluding hydrogens is 332 g/mol. The second kappa shape index (κ2) is 7.88. The molecule has 1 N–H and O–H groups in total. The van der Waals surface area contributed by atoms with Crippen LogP contribution in [0.5, 0.6) is 0 Å². The highest BCUT2D eigenvalue weighted by Gasteiger charge is 2.26. The number of hydrogen-bond donors (Lipinski definition) is 1. The molecule has 1 atom stereocenters. The number of nitrogens with zero attached hydrogens (tertiary/aromatic N) is 3. The molecule has 0 saturated carbocycles. The van der Waals surface area contributed by atoms with Crippen LogP contribution in [0.2, 0.25) is 0 Å². The molecule has 1 unspecified atom stereocenters. The number of morpholine rings is 1. The summed E-state index contributed by atoms with van der Waals surface area (Å²) >= 11 is 0. The number of benzene rings is 1. The molecule has 138 valence electrons. The van der Waals surface area contributed by atoms with Gasteiger partial charge in [0.25, 0.3) is 0 Å². The van der Waals surface area contributed by atoms with Gasteiger partial charge in [0.1, 0.15) is 6.10 Å². The number of amides is 2. The third-order valence-electron chi connectivity index (χ3n) is 4.79. The minimum Gasteiger partial charge on any atom is -0.378 e. The summed E-state index contributed by atoms with van der Waals surface area (Å²) in [5, 5.41) is 7.70. The lowest BCUT2D eigenvalue weighted by Crippen LogP contribution is -2.47. The highest BCUT2D eigenvalue weighted by Crippen LogP contribution is 2.25. The molecule has 0 spiro atoms. The SMILES string of the molecule is O=C(NCC1OCCc2cn(Cc3ccccc3)nc21)N1CCOCC1. The predicted octanol–water partition coefficient (Wildman–Crippen LogP) is 1.59. The largest absolute Gasteiger partial charge is 0.378 e. The van der Waals surface area contributed by atoms with Crippen molar-refractivity contribution in [3.05, 3.63) is 53.3 Å². The molecule has 2 aliphatic heterocycles. The Kier molecular flexibility index (Phi) is 5.17. The van der Waals surface area contributed by atoms with E-state index in [4.69, 9.17) is 14.6 Å². The lowest BCUT2D eigenvalue weighted by atomic mass is 10.1. The Balaban J connectivity index is 1.39. The second-order valence-corrected chi connectivity index (χ2v) is 6.62. The number of fused-ring (bicyclic) bond motifs is 1. The second-order valence-electron chi connectivity index (χ2n) is 6.62. The molecule has 1 aromatic heterocycles. The van der Waals surface area contributed by atoms with Gasteiger partial charge in [-0.15, -0.1) is 0 Å². The summed E-state index contributed by atoms with van der Waals surface area (Å²) in [7, 11) is 0. The van der Waals surface area contributed by atoms with Crippen molar-refractivity contribution in [1.82, 2.24) is 20.0 Å². The quantitative estimate of drug-likeness (QED) is 0.903. The molecule has 7 nitrogen and oxygen atoms in total.